The van der Waals surface area contributed by atoms with Crippen LogP contribution in [-0.2, 0) is 21.2 Å². The van der Waals surface area contributed by atoms with Crippen molar-refractivity contribution in [2.24, 2.45) is 0 Å². The number of carbonyl (C=O) groups is 1. The molecule has 2 heterocycles. The van der Waals surface area contributed by atoms with Crippen LogP contribution in [0.2, 0.25) is 0 Å². The van der Waals surface area contributed by atoms with E-state index >= 15 is 0 Å². The van der Waals surface area contributed by atoms with Gasteiger partial charge in [0.25, 0.3) is 10.0 Å². The highest BCUT2D eigenvalue weighted by Gasteiger charge is 2.25. The molecule has 0 bridgehead atoms. The molecule has 142 valence electrons. The number of ether oxygens (including phenoxy) is 1. The van der Waals surface area contributed by atoms with Gasteiger partial charge in [-0.3, -0.25) is 5.21 Å². The van der Waals surface area contributed by atoms with E-state index in [4.69, 9.17) is 4.74 Å². The first-order valence-corrected chi connectivity index (χ1v) is 10.9. The van der Waals surface area contributed by atoms with Crippen LogP contribution in [0.5, 0.6) is 0 Å². The van der Waals surface area contributed by atoms with Crippen molar-refractivity contribution in [3.05, 3.63) is 34.8 Å². The van der Waals surface area contributed by atoms with Crippen LogP contribution in [0.4, 0.5) is 10.6 Å². The lowest BCUT2D eigenvalue weighted by atomic mass is 10.2. The number of hydrogen-bond acceptors (Lipinski definition) is 8. The number of amides is 2. The number of nitrogens with one attached hydrogen (secondary N) is 1. The molecular weight excluding hydrogens is 398 g/mol. The van der Waals surface area contributed by atoms with Gasteiger partial charge in [-0.1, -0.05) is 0 Å². The fourth-order valence-corrected chi connectivity index (χ4v) is 4.94. The van der Waals surface area contributed by atoms with Gasteiger partial charge in [0, 0.05) is 29.5 Å². The number of thiophene rings is 1. The number of methoxy groups -OCH3 is 1. The molecular formula is C15H19N3O5S3. The van der Waals surface area contributed by atoms with E-state index in [1.54, 1.807) is 20.1 Å². The summed E-state index contributed by atoms with van der Waals surface area (Å²) in [6, 6.07) is 3.45. The average Bonchev–Trinajstić information content (AvgIpc) is 3.00. The molecule has 0 aliphatic carbocycles. The van der Waals surface area contributed by atoms with Crippen LogP contribution < -0.4 is 9.79 Å². The Labute approximate surface area is 160 Å². The normalized spacial score (nSPS) is 11.4. The Balaban J connectivity index is 2.16. The van der Waals surface area contributed by atoms with Gasteiger partial charge >= 0.3 is 6.03 Å². The minimum atomic E-state index is -4.11. The third kappa shape index (κ3) is 4.95. The molecule has 2 rings (SSSR count). The molecule has 0 aliphatic heterocycles. The number of hydrogen-bond donors (Lipinski definition) is 2. The zero-order valence-corrected chi connectivity index (χ0v) is 16.9. The van der Waals surface area contributed by atoms with Crippen LogP contribution in [-0.4, -0.2) is 44.6 Å². The maximum Gasteiger partial charge on any atom is 0.361 e. The number of nitrogens with zero attached hydrogens (tertiary/aromatic N) is 2. The fraction of sp³-hybridized carbons (Fsp3) is 0.333. The monoisotopic (exact) mass is 417 g/mol. The number of rotatable bonds is 7. The van der Waals surface area contributed by atoms with Crippen LogP contribution in [0.1, 0.15) is 10.4 Å². The molecule has 2 N–H and O–H groups in total. The molecule has 0 fully saturated rings. The molecule has 2 aromatic rings. The van der Waals surface area contributed by atoms with E-state index in [1.807, 2.05) is 11.0 Å². The van der Waals surface area contributed by atoms with E-state index in [9.17, 15) is 18.4 Å². The summed E-state index contributed by atoms with van der Waals surface area (Å²) in [5.41, 5.74) is 0.801. The van der Waals surface area contributed by atoms with Gasteiger partial charge in [0.1, 0.15) is 4.21 Å². The highest BCUT2D eigenvalue weighted by Crippen LogP contribution is 2.26. The summed E-state index contributed by atoms with van der Waals surface area (Å²) in [6.45, 7) is 2.26. The van der Waals surface area contributed by atoms with Crippen LogP contribution in [0, 0.1) is 6.92 Å². The largest absolute Gasteiger partial charge is 0.384 e. The van der Waals surface area contributed by atoms with Crippen molar-refractivity contribution in [1.29, 1.82) is 0 Å². The third-order valence-electron chi connectivity index (χ3n) is 3.38. The van der Waals surface area contributed by atoms with Gasteiger partial charge < -0.3 is 4.74 Å². The van der Waals surface area contributed by atoms with Crippen molar-refractivity contribution in [3.8, 4) is 0 Å². The number of hydroxylamine groups is 1. The van der Waals surface area contributed by atoms with Crippen LogP contribution in [0.25, 0.3) is 0 Å². The van der Waals surface area contributed by atoms with E-state index in [0.29, 0.717) is 13.0 Å². The predicted molar refractivity (Wildman–Crippen MR) is 101 cm³/mol. The number of thioether (sulfide) groups is 1. The summed E-state index contributed by atoms with van der Waals surface area (Å²) in [5, 5.41) is 10.1. The lowest BCUT2D eigenvalue weighted by Gasteiger charge is -2.15. The summed E-state index contributed by atoms with van der Waals surface area (Å²) < 4.78 is 31.7. The van der Waals surface area contributed by atoms with Crippen molar-refractivity contribution in [2.45, 2.75) is 22.4 Å². The molecule has 2 aromatic heterocycles. The molecule has 0 unspecified atom stereocenters. The molecule has 26 heavy (non-hydrogen) atoms. The minimum absolute atomic E-state index is 0.00585. The van der Waals surface area contributed by atoms with Gasteiger partial charge in [-0.05, 0) is 36.9 Å². The molecule has 0 aromatic carbocycles. The Kier molecular flexibility index (Phi) is 7.01. The fourth-order valence-electron chi connectivity index (χ4n) is 2.02. The van der Waals surface area contributed by atoms with Crippen molar-refractivity contribution < 1.29 is 23.2 Å². The molecule has 0 saturated carbocycles. The van der Waals surface area contributed by atoms with Crippen molar-refractivity contribution in [1.82, 2.24) is 9.71 Å². The van der Waals surface area contributed by atoms with Crippen molar-refractivity contribution >= 4 is 45.0 Å². The zero-order chi connectivity index (χ0) is 19.3. The summed E-state index contributed by atoms with van der Waals surface area (Å²) in [7, 11) is -2.55. The summed E-state index contributed by atoms with van der Waals surface area (Å²) in [4.78, 5) is 17.6. The SMILES string of the molecule is COCCc1sc(S(=O)(=O)NC(=O)N(O)c2cc(SC)ccn2)cc1C. The van der Waals surface area contributed by atoms with E-state index in [1.165, 1.54) is 30.1 Å². The molecule has 0 spiro atoms. The van der Waals surface area contributed by atoms with Gasteiger partial charge in [0.15, 0.2) is 5.82 Å². The number of sulfonamides is 1. The molecule has 0 atom stereocenters. The van der Waals surface area contributed by atoms with Crippen LogP contribution in [0.3, 0.4) is 0 Å². The van der Waals surface area contributed by atoms with Crippen LogP contribution in [0.15, 0.2) is 33.5 Å². The molecule has 0 saturated heterocycles. The Morgan fingerprint density at radius 1 is 1.46 bits per heavy atom. The standard InChI is InChI=1S/C15H19N3O5S3/c1-10-8-14(25-12(10)5-7-23-2)26(21,22)17-15(19)18(20)13-9-11(24-3)4-6-16-13/h4,6,8-9,20H,5,7H2,1-3H3,(H,17,19). The molecule has 2 amide bonds. The lowest BCUT2D eigenvalue weighted by molar-refractivity contribution is 0.203. The second-order valence-corrected chi connectivity index (χ2v) is 9.12. The Bertz CT molecular complexity index is 882. The topological polar surface area (TPSA) is 109 Å². The predicted octanol–water partition coefficient (Wildman–Crippen LogP) is 2.66. The Morgan fingerprint density at radius 2 is 2.19 bits per heavy atom. The highest BCUT2D eigenvalue weighted by molar-refractivity contribution is 7.98. The molecule has 0 aliphatic rings. The molecule has 8 nitrogen and oxygen atoms in total. The van der Waals surface area contributed by atoms with E-state index in [0.717, 1.165) is 26.7 Å². The number of urea groups is 1. The Hall–Kier alpha value is -1.66. The Morgan fingerprint density at radius 3 is 2.85 bits per heavy atom. The number of anilines is 1. The number of carbonyl (C=O) groups excluding carboxylic acids is 1. The number of aryl methyl sites for hydroxylation is 1. The minimum Gasteiger partial charge on any atom is -0.384 e. The van der Waals surface area contributed by atoms with E-state index in [-0.39, 0.29) is 15.1 Å². The van der Waals surface area contributed by atoms with Gasteiger partial charge in [-0.15, -0.1) is 23.1 Å². The lowest BCUT2D eigenvalue weighted by Crippen LogP contribution is -2.41. The van der Waals surface area contributed by atoms with E-state index < -0.39 is 16.1 Å². The zero-order valence-electron chi connectivity index (χ0n) is 14.4. The summed E-state index contributed by atoms with van der Waals surface area (Å²) >= 11 is 2.46. The second kappa shape index (κ2) is 8.82. The first-order valence-electron chi connectivity index (χ1n) is 7.42. The molecule has 0 radical (unpaired) electrons. The van der Waals surface area contributed by atoms with Gasteiger partial charge in [0.2, 0.25) is 0 Å². The summed E-state index contributed by atoms with van der Waals surface area (Å²) in [5.74, 6) is -0.0762. The van der Waals surface area contributed by atoms with E-state index in [2.05, 4.69) is 4.98 Å². The summed E-state index contributed by atoms with van der Waals surface area (Å²) in [6.07, 6.45) is 3.82. The number of aromatic nitrogens is 1. The first kappa shape index (κ1) is 20.6. The highest BCUT2D eigenvalue weighted by atomic mass is 32.2. The third-order valence-corrected chi connectivity index (χ3v) is 7.20. The van der Waals surface area contributed by atoms with Gasteiger partial charge in [0.05, 0.1) is 6.61 Å². The smallest absolute Gasteiger partial charge is 0.361 e. The van der Waals surface area contributed by atoms with Crippen molar-refractivity contribution in [3.63, 3.8) is 0 Å². The first-order chi connectivity index (χ1) is 12.3. The molecule has 11 heteroatoms. The maximum atomic E-state index is 12.4. The average molecular weight is 418 g/mol. The number of pyridine rings is 1. The van der Waals surface area contributed by atoms with Gasteiger partial charge in [-0.25, -0.2) is 22.9 Å². The van der Waals surface area contributed by atoms with Crippen molar-refractivity contribution in [2.75, 3.05) is 25.0 Å². The maximum absolute atomic E-state index is 12.4. The second-order valence-electron chi connectivity index (χ2n) is 5.19. The quantitative estimate of drug-likeness (QED) is 0.405. The van der Waals surface area contributed by atoms with Gasteiger partial charge in [-0.2, -0.15) is 5.06 Å². The van der Waals surface area contributed by atoms with Crippen LogP contribution >= 0.6 is 23.1 Å².